The Morgan fingerprint density at radius 2 is 0.967 bits per heavy atom. The molecule has 4 aliphatic carbocycles. The number of carbonyl (C=O) groups is 1. The van der Waals surface area contributed by atoms with Crippen molar-refractivity contribution in [3.8, 4) is 0 Å². The summed E-state index contributed by atoms with van der Waals surface area (Å²) in [6.07, 6.45) is 8.10. The summed E-state index contributed by atoms with van der Waals surface area (Å²) in [7, 11) is -5.86. The van der Waals surface area contributed by atoms with Crippen molar-refractivity contribution in [3.05, 3.63) is 182 Å². The van der Waals surface area contributed by atoms with Crippen molar-refractivity contribution in [1.29, 1.82) is 0 Å². The molecule has 6 aromatic carbocycles. The molecule has 5 heteroatoms. The summed E-state index contributed by atoms with van der Waals surface area (Å²) >= 11 is 0. The zero-order chi connectivity index (χ0) is 41.5. The van der Waals surface area contributed by atoms with Crippen molar-refractivity contribution in [2.45, 2.75) is 71.3 Å². The first-order chi connectivity index (χ1) is 29.9. The molecule has 4 saturated carbocycles. The van der Waals surface area contributed by atoms with Gasteiger partial charge in [-0.1, -0.05) is 196 Å². The van der Waals surface area contributed by atoms with Gasteiger partial charge >= 0.3 is 0 Å². The molecule has 0 unspecified atom stereocenters. The van der Waals surface area contributed by atoms with Crippen LogP contribution >= 0.6 is 0 Å². The Labute approximate surface area is 365 Å². The normalized spacial score (nSPS) is 28.7. The van der Waals surface area contributed by atoms with Gasteiger partial charge in [-0.25, -0.2) is 0 Å². The number of Topliss-reactive ketones (excluding diaryl/α,β-unsaturated/α-hetero) is 1. The van der Waals surface area contributed by atoms with Crippen molar-refractivity contribution in [2.75, 3.05) is 6.61 Å². The lowest BCUT2D eigenvalue weighted by Crippen LogP contribution is -2.71. The van der Waals surface area contributed by atoms with E-state index in [9.17, 15) is 4.79 Å². The van der Waals surface area contributed by atoms with Gasteiger partial charge in [0.2, 0.25) is 0 Å². The molecular weight excluding hydrogens is 777 g/mol. The number of benzene rings is 6. The van der Waals surface area contributed by atoms with Gasteiger partial charge in [-0.05, 0) is 110 Å². The first kappa shape index (κ1) is 40.4. The van der Waals surface area contributed by atoms with Gasteiger partial charge in [0, 0.05) is 19.4 Å². The number of ketones is 1. The predicted molar refractivity (Wildman–Crippen MR) is 254 cm³/mol. The van der Waals surface area contributed by atoms with Crippen LogP contribution in [0.4, 0.5) is 0 Å². The minimum absolute atomic E-state index is 0.0437. The van der Waals surface area contributed by atoms with Crippen molar-refractivity contribution in [1.82, 2.24) is 0 Å². The third-order valence-electron chi connectivity index (χ3n) is 16.4. The molecule has 4 aliphatic rings. The van der Waals surface area contributed by atoms with Crippen LogP contribution in [-0.2, 0) is 13.6 Å². The molecule has 0 radical (unpaired) electrons. The predicted octanol–water partition coefficient (Wildman–Crippen LogP) is 8.56. The van der Waals surface area contributed by atoms with Crippen LogP contribution in [0.2, 0.25) is 0 Å². The van der Waals surface area contributed by atoms with Crippen LogP contribution in [0.3, 0.4) is 0 Å². The molecule has 6 aromatic rings. The zero-order valence-corrected chi connectivity index (χ0v) is 37.9. The maximum atomic E-state index is 13.5. The lowest BCUT2D eigenvalue weighted by Gasteiger charge is -2.63. The molecule has 310 valence electrons. The molecule has 0 aromatic heterocycles. The Balaban J connectivity index is 1.04. The van der Waals surface area contributed by atoms with Crippen LogP contribution in [0, 0.1) is 40.4 Å². The Kier molecular flexibility index (Phi) is 11.0. The Morgan fingerprint density at radius 1 is 0.541 bits per heavy atom. The van der Waals surface area contributed by atoms with Crippen molar-refractivity contribution < 1.29 is 13.6 Å². The minimum Gasteiger partial charge on any atom is -0.404 e. The van der Waals surface area contributed by atoms with E-state index in [1.54, 1.807) is 0 Å². The molecule has 0 aliphatic heterocycles. The fraction of sp³-hybridized carbons (Fsp3) is 0.339. The highest BCUT2D eigenvalue weighted by Gasteiger charge is 2.65. The summed E-state index contributed by atoms with van der Waals surface area (Å²) in [4.78, 5) is 13.5. The van der Waals surface area contributed by atoms with Crippen LogP contribution in [0.25, 0.3) is 0 Å². The molecule has 0 amide bonds. The molecule has 0 heterocycles. The molecular formula is C56H60O3Si2. The molecule has 3 nitrogen and oxygen atoms in total. The van der Waals surface area contributed by atoms with E-state index in [0.717, 1.165) is 32.1 Å². The topological polar surface area (TPSA) is 35.5 Å². The molecule has 4 fully saturated rings. The maximum Gasteiger partial charge on any atom is 0.288 e. The van der Waals surface area contributed by atoms with Crippen LogP contribution in [0.5, 0.6) is 0 Å². The third-order valence-corrected chi connectivity index (χ3v) is 24.5. The van der Waals surface area contributed by atoms with E-state index in [-0.39, 0.29) is 16.9 Å². The second kappa shape index (κ2) is 16.6. The van der Waals surface area contributed by atoms with Gasteiger partial charge in [0.05, 0.1) is 6.10 Å². The van der Waals surface area contributed by atoms with Gasteiger partial charge in [0.15, 0.2) is 0 Å². The molecule has 61 heavy (non-hydrogen) atoms. The molecule has 0 bridgehead atoms. The van der Waals surface area contributed by atoms with Gasteiger partial charge in [-0.15, -0.1) is 0 Å². The lowest BCUT2D eigenvalue weighted by atomic mass is 9.43. The number of carbonyl (C=O) groups excluding carboxylic acids is 1. The first-order valence-corrected chi connectivity index (χ1v) is 26.9. The van der Waals surface area contributed by atoms with Crippen molar-refractivity contribution in [2.24, 2.45) is 40.4 Å². The SMILES string of the molecule is C[C@@H]1C[C@H]2CC(=O)CC[C@]2(CO[Si](c2ccccc2)(c2ccccc2)c2ccccc2)[C@H]2CC[C@]3(C)[C@@H](O[Si](c4ccccc4)(c4ccccc4)c4ccccc4)CC[C@H]3[C@H]12. The monoisotopic (exact) mass is 836 g/mol. The lowest BCUT2D eigenvalue weighted by molar-refractivity contribution is -0.166. The van der Waals surface area contributed by atoms with Crippen LogP contribution < -0.4 is 31.1 Å². The highest BCUT2D eigenvalue weighted by molar-refractivity contribution is 7.07. The van der Waals surface area contributed by atoms with E-state index in [1.165, 1.54) is 37.5 Å². The quantitative estimate of drug-likeness (QED) is 0.0971. The smallest absolute Gasteiger partial charge is 0.288 e. The zero-order valence-electron chi connectivity index (χ0n) is 35.9. The van der Waals surface area contributed by atoms with E-state index < -0.39 is 16.6 Å². The van der Waals surface area contributed by atoms with Gasteiger partial charge in [0.1, 0.15) is 5.78 Å². The van der Waals surface area contributed by atoms with Gasteiger partial charge < -0.3 is 8.85 Å². The van der Waals surface area contributed by atoms with Crippen LogP contribution in [0.1, 0.15) is 65.2 Å². The summed E-state index contributed by atoms with van der Waals surface area (Å²) in [6.45, 7) is 5.84. The summed E-state index contributed by atoms with van der Waals surface area (Å²) in [5, 5.41) is 7.78. The van der Waals surface area contributed by atoms with E-state index in [2.05, 4.69) is 196 Å². The highest BCUT2D eigenvalue weighted by atomic mass is 28.4. The average molecular weight is 837 g/mol. The van der Waals surface area contributed by atoms with Gasteiger partial charge in [-0.2, -0.15) is 0 Å². The number of hydrogen-bond donors (Lipinski definition) is 0. The fourth-order valence-corrected chi connectivity index (χ4v) is 21.8. The minimum atomic E-state index is -2.96. The molecule has 0 N–H and O–H groups in total. The maximum absolute atomic E-state index is 13.5. The summed E-state index contributed by atoms with van der Waals surface area (Å²) in [6, 6.07) is 66.7. The van der Waals surface area contributed by atoms with E-state index in [4.69, 9.17) is 8.85 Å². The number of hydrogen-bond acceptors (Lipinski definition) is 3. The standard InChI is InChI=1S/C56H60O3Si2/c1-42-39-43-40-44(57)35-38-56(43,41-58-60(45-21-9-3-10-22-45,46-23-11-4-12-24-46)47-25-13-5-14-26-47)52-36-37-55(2)51(54(42)52)33-34-53(55)59-61(48-27-15-6-16-28-48,49-29-17-7-18-30-49)50-31-19-8-20-32-50/h3-32,42-43,51-54H,33-41H2,1-2H3/t42-,43+,51+,52+,53+,54+,55+,56-/m1/s1. The van der Waals surface area contributed by atoms with Crippen molar-refractivity contribution >= 4 is 53.5 Å². The van der Waals surface area contributed by atoms with Crippen molar-refractivity contribution in [3.63, 3.8) is 0 Å². The number of rotatable bonds is 11. The third kappa shape index (κ3) is 6.79. The second-order valence-corrected chi connectivity index (χ2v) is 26.0. The summed E-state index contributed by atoms with van der Waals surface area (Å²) in [5.41, 5.74) is -0.0133. The summed E-state index contributed by atoms with van der Waals surface area (Å²) in [5.74, 6) is 2.93. The highest BCUT2D eigenvalue weighted by Crippen LogP contribution is 2.68. The van der Waals surface area contributed by atoms with E-state index in [1.807, 2.05) is 0 Å². The van der Waals surface area contributed by atoms with Crippen LogP contribution in [0.15, 0.2) is 182 Å². The molecule has 0 saturated heterocycles. The van der Waals surface area contributed by atoms with Crippen LogP contribution in [-0.4, -0.2) is 35.1 Å². The Hall–Kier alpha value is -4.66. The average Bonchev–Trinajstić information content (AvgIpc) is 3.65. The Bertz CT molecular complexity index is 2200. The Morgan fingerprint density at radius 3 is 1.41 bits per heavy atom. The first-order valence-electron chi connectivity index (χ1n) is 23.1. The van der Waals surface area contributed by atoms with Gasteiger partial charge in [0.25, 0.3) is 16.6 Å². The number of fused-ring (bicyclic) bond motifs is 5. The second-order valence-electron chi connectivity index (χ2n) is 19.3. The molecule has 10 rings (SSSR count). The summed E-state index contributed by atoms with van der Waals surface area (Å²) < 4.78 is 16.1. The molecule has 0 spiro atoms. The van der Waals surface area contributed by atoms with E-state index in [0.29, 0.717) is 54.8 Å². The van der Waals surface area contributed by atoms with Gasteiger partial charge in [-0.3, -0.25) is 4.79 Å². The largest absolute Gasteiger partial charge is 0.404 e. The fourth-order valence-electron chi connectivity index (χ4n) is 13.6. The molecule has 8 atom stereocenters. The van der Waals surface area contributed by atoms with E-state index >= 15 is 0 Å².